The number of nitrogens with zero attached hydrogens (tertiary/aromatic N) is 3. The molecule has 1 unspecified atom stereocenters. The first kappa shape index (κ1) is 19.6. The van der Waals surface area contributed by atoms with Crippen LogP contribution in [0.25, 0.3) is 11.3 Å². The van der Waals surface area contributed by atoms with E-state index in [1.807, 2.05) is 24.4 Å². The van der Waals surface area contributed by atoms with E-state index in [4.69, 9.17) is 4.98 Å². The maximum absolute atomic E-state index is 9.71. The minimum atomic E-state index is 0.0131. The average Bonchev–Trinajstić information content (AvgIpc) is 2.74. The van der Waals surface area contributed by atoms with E-state index in [9.17, 15) is 5.11 Å². The van der Waals surface area contributed by atoms with E-state index in [0.717, 1.165) is 73.9 Å². The number of hydrogen-bond donors (Lipinski definition) is 3. The van der Waals surface area contributed by atoms with Crippen LogP contribution in [-0.2, 0) is 6.61 Å². The van der Waals surface area contributed by atoms with Gasteiger partial charge >= 0.3 is 0 Å². The Balaban J connectivity index is 1.87. The van der Waals surface area contributed by atoms with Crippen molar-refractivity contribution in [2.45, 2.75) is 45.8 Å². The molecule has 3 N–H and O–H groups in total. The van der Waals surface area contributed by atoms with Crippen molar-refractivity contribution in [3.8, 4) is 11.3 Å². The number of anilines is 2. The largest absolute Gasteiger partial charge is 0.392 e. The highest BCUT2D eigenvalue weighted by atomic mass is 16.3. The number of piperazine rings is 1. The third kappa shape index (κ3) is 5.17. The summed E-state index contributed by atoms with van der Waals surface area (Å²) < 4.78 is 0. The molecule has 0 spiro atoms. The molecule has 146 valence electrons. The third-order valence-electron chi connectivity index (χ3n) is 5.03. The second kappa shape index (κ2) is 9.67. The highest BCUT2D eigenvalue weighted by molar-refractivity contribution is 5.66. The fourth-order valence-corrected chi connectivity index (χ4v) is 3.47. The van der Waals surface area contributed by atoms with Crippen LogP contribution in [0, 0.1) is 0 Å². The van der Waals surface area contributed by atoms with Crippen LogP contribution in [0.15, 0.2) is 30.5 Å². The van der Waals surface area contributed by atoms with Gasteiger partial charge < -0.3 is 20.6 Å². The molecule has 0 aromatic carbocycles. The molecule has 2 aromatic rings. The SMILES string of the molecule is CCCC(CC)Nc1cc(-c2cc(CO)cc(N3CCNCC3)n2)ccn1. The van der Waals surface area contributed by atoms with Crippen LogP contribution in [-0.4, -0.2) is 47.3 Å². The highest BCUT2D eigenvalue weighted by Gasteiger charge is 2.15. The molecule has 1 saturated heterocycles. The molecule has 1 atom stereocenters. The van der Waals surface area contributed by atoms with Crippen molar-refractivity contribution >= 4 is 11.6 Å². The lowest BCUT2D eigenvalue weighted by atomic mass is 10.1. The zero-order chi connectivity index (χ0) is 19.1. The Labute approximate surface area is 162 Å². The van der Waals surface area contributed by atoms with Gasteiger partial charge in [0.05, 0.1) is 12.3 Å². The van der Waals surface area contributed by atoms with Gasteiger partial charge in [0.2, 0.25) is 0 Å². The van der Waals surface area contributed by atoms with Crippen molar-refractivity contribution in [2.24, 2.45) is 0 Å². The van der Waals surface area contributed by atoms with Gasteiger partial charge in [-0.3, -0.25) is 0 Å². The molecule has 3 heterocycles. The summed E-state index contributed by atoms with van der Waals surface area (Å²) in [6, 6.07) is 8.43. The smallest absolute Gasteiger partial charge is 0.129 e. The van der Waals surface area contributed by atoms with E-state index in [2.05, 4.69) is 40.4 Å². The van der Waals surface area contributed by atoms with Crippen LogP contribution in [0.4, 0.5) is 11.6 Å². The number of pyridine rings is 2. The van der Waals surface area contributed by atoms with Gasteiger partial charge in [0.25, 0.3) is 0 Å². The van der Waals surface area contributed by atoms with E-state index in [0.29, 0.717) is 6.04 Å². The second-order valence-corrected chi connectivity index (χ2v) is 7.08. The van der Waals surface area contributed by atoms with Crippen LogP contribution >= 0.6 is 0 Å². The fourth-order valence-electron chi connectivity index (χ4n) is 3.47. The standard InChI is InChI=1S/C21H31N5O/c1-3-5-18(4-2)24-20-14-17(6-7-23-20)19-12-16(15-27)13-21(25-19)26-10-8-22-9-11-26/h6-7,12-14,18,22,27H,3-5,8-11,15H2,1-2H3,(H,23,24). The summed E-state index contributed by atoms with van der Waals surface area (Å²) in [7, 11) is 0. The van der Waals surface area contributed by atoms with Gasteiger partial charge in [-0.15, -0.1) is 0 Å². The molecule has 6 heteroatoms. The number of aliphatic hydroxyl groups excluding tert-OH is 1. The molecule has 6 nitrogen and oxygen atoms in total. The van der Waals surface area contributed by atoms with Gasteiger partial charge in [-0.1, -0.05) is 20.3 Å². The molecule has 0 aliphatic carbocycles. The Bertz CT molecular complexity index is 730. The van der Waals surface area contributed by atoms with Crippen LogP contribution in [0.3, 0.4) is 0 Å². The first-order valence-electron chi connectivity index (χ1n) is 10.0. The van der Waals surface area contributed by atoms with Gasteiger partial charge in [0, 0.05) is 44.0 Å². The summed E-state index contributed by atoms with van der Waals surface area (Å²) in [5.74, 6) is 1.81. The molecule has 0 radical (unpaired) electrons. The molecule has 0 amide bonds. The molecule has 3 rings (SSSR count). The Hall–Kier alpha value is -2.18. The van der Waals surface area contributed by atoms with Gasteiger partial charge in [-0.2, -0.15) is 0 Å². The molecular formula is C21H31N5O. The molecule has 0 saturated carbocycles. The topological polar surface area (TPSA) is 73.3 Å². The maximum Gasteiger partial charge on any atom is 0.129 e. The molecule has 1 fully saturated rings. The van der Waals surface area contributed by atoms with Crippen molar-refractivity contribution in [1.82, 2.24) is 15.3 Å². The number of rotatable bonds is 8. The van der Waals surface area contributed by atoms with Crippen molar-refractivity contribution in [2.75, 3.05) is 36.4 Å². The van der Waals surface area contributed by atoms with E-state index < -0.39 is 0 Å². The monoisotopic (exact) mass is 369 g/mol. The van der Waals surface area contributed by atoms with Gasteiger partial charge in [0.15, 0.2) is 0 Å². The molecule has 27 heavy (non-hydrogen) atoms. The number of aromatic nitrogens is 2. The Kier molecular flexibility index (Phi) is 7.01. The van der Waals surface area contributed by atoms with Gasteiger partial charge in [0.1, 0.15) is 11.6 Å². The lowest BCUT2D eigenvalue weighted by Gasteiger charge is -2.29. The summed E-state index contributed by atoms with van der Waals surface area (Å²) in [6.07, 6.45) is 5.19. The zero-order valence-corrected chi connectivity index (χ0v) is 16.4. The normalized spacial score (nSPS) is 15.6. The third-order valence-corrected chi connectivity index (χ3v) is 5.03. The number of hydrogen-bond acceptors (Lipinski definition) is 6. The van der Waals surface area contributed by atoms with E-state index in [1.165, 1.54) is 0 Å². The van der Waals surface area contributed by atoms with Gasteiger partial charge in [-0.05, 0) is 42.7 Å². The summed E-state index contributed by atoms with van der Waals surface area (Å²) in [5, 5.41) is 16.6. The van der Waals surface area contributed by atoms with Crippen molar-refractivity contribution in [3.05, 3.63) is 36.0 Å². The summed E-state index contributed by atoms with van der Waals surface area (Å²) >= 11 is 0. The molecule has 0 bridgehead atoms. The molecule has 1 aliphatic rings. The summed E-state index contributed by atoms with van der Waals surface area (Å²) in [5.41, 5.74) is 2.78. The highest BCUT2D eigenvalue weighted by Crippen LogP contribution is 2.25. The Morgan fingerprint density at radius 1 is 1.22 bits per heavy atom. The number of nitrogens with one attached hydrogen (secondary N) is 2. The summed E-state index contributed by atoms with van der Waals surface area (Å²) in [6.45, 7) is 8.19. The minimum Gasteiger partial charge on any atom is -0.392 e. The quantitative estimate of drug-likeness (QED) is 0.664. The molecule has 2 aromatic heterocycles. The fraction of sp³-hybridized carbons (Fsp3) is 0.524. The Morgan fingerprint density at radius 2 is 2.04 bits per heavy atom. The second-order valence-electron chi connectivity index (χ2n) is 7.08. The lowest BCUT2D eigenvalue weighted by molar-refractivity contribution is 0.282. The average molecular weight is 370 g/mol. The Morgan fingerprint density at radius 3 is 2.74 bits per heavy atom. The van der Waals surface area contributed by atoms with Crippen molar-refractivity contribution < 1.29 is 5.11 Å². The van der Waals surface area contributed by atoms with Crippen molar-refractivity contribution in [1.29, 1.82) is 0 Å². The zero-order valence-electron chi connectivity index (χ0n) is 16.4. The molecular weight excluding hydrogens is 338 g/mol. The van der Waals surface area contributed by atoms with Crippen molar-refractivity contribution in [3.63, 3.8) is 0 Å². The number of aliphatic hydroxyl groups is 1. The first-order valence-corrected chi connectivity index (χ1v) is 10.0. The van der Waals surface area contributed by atoms with Crippen LogP contribution in [0.1, 0.15) is 38.7 Å². The summed E-state index contributed by atoms with van der Waals surface area (Å²) in [4.78, 5) is 11.6. The predicted octanol–water partition coefficient (Wildman–Crippen LogP) is 3.04. The van der Waals surface area contributed by atoms with Crippen LogP contribution in [0.5, 0.6) is 0 Å². The lowest BCUT2D eigenvalue weighted by Crippen LogP contribution is -2.43. The predicted molar refractivity (Wildman–Crippen MR) is 111 cm³/mol. The van der Waals surface area contributed by atoms with E-state index in [-0.39, 0.29) is 6.61 Å². The first-order chi connectivity index (χ1) is 13.2. The van der Waals surface area contributed by atoms with Gasteiger partial charge in [-0.25, -0.2) is 9.97 Å². The maximum atomic E-state index is 9.71. The van der Waals surface area contributed by atoms with Crippen LogP contribution in [0.2, 0.25) is 0 Å². The van der Waals surface area contributed by atoms with E-state index in [1.54, 1.807) is 0 Å². The van der Waals surface area contributed by atoms with E-state index >= 15 is 0 Å². The van der Waals surface area contributed by atoms with Crippen LogP contribution < -0.4 is 15.5 Å². The molecule has 1 aliphatic heterocycles. The minimum absolute atomic E-state index is 0.0131.